The van der Waals surface area contributed by atoms with Gasteiger partial charge in [0.1, 0.15) is 5.92 Å². The minimum Gasteiger partial charge on any atom is -0.465 e. The number of benzene rings is 2. The van der Waals surface area contributed by atoms with Crippen LogP contribution in [0.5, 0.6) is 0 Å². The lowest BCUT2D eigenvalue weighted by Gasteiger charge is -2.20. The van der Waals surface area contributed by atoms with Crippen LogP contribution in [0.25, 0.3) is 10.9 Å². The number of rotatable bonds is 4. The number of hydrogen-bond donors (Lipinski definition) is 2. The molecule has 0 aliphatic rings. The highest BCUT2D eigenvalue weighted by Gasteiger charge is 2.29. The van der Waals surface area contributed by atoms with Crippen molar-refractivity contribution in [2.75, 3.05) is 12.3 Å². The van der Waals surface area contributed by atoms with Crippen molar-refractivity contribution in [1.29, 1.82) is 0 Å². The summed E-state index contributed by atoms with van der Waals surface area (Å²) in [5, 5.41) is 1.03. The van der Waals surface area contributed by atoms with E-state index in [1.165, 1.54) is 0 Å². The molecule has 3 aromatic rings. The van der Waals surface area contributed by atoms with E-state index >= 15 is 0 Å². The van der Waals surface area contributed by atoms with E-state index < -0.39 is 5.92 Å². The van der Waals surface area contributed by atoms with Gasteiger partial charge in [-0.2, -0.15) is 0 Å². The van der Waals surface area contributed by atoms with Gasteiger partial charge in [-0.25, -0.2) is 0 Å². The fourth-order valence-corrected chi connectivity index (χ4v) is 3.42. The first-order chi connectivity index (χ1) is 11.5. The van der Waals surface area contributed by atoms with E-state index in [0.717, 1.165) is 33.2 Å². The third-order valence-corrected chi connectivity index (χ3v) is 4.36. The summed E-state index contributed by atoms with van der Waals surface area (Å²) in [6.45, 7) is 6.15. The van der Waals surface area contributed by atoms with Crippen molar-refractivity contribution in [3.8, 4) is 0 Å². The van der Waals surface area contributed by atoms with Crippen LogP contribution in [0, 0.1) is 13.8 Å². The van der Waals surface area contributed by atoms with Gasteiger partial charge in [0.05, 0.1) is 6.61 Å². The van der Waals surface area contributed by atoms with Crippen LogP contribution in [-0.2, 0) is 9.53 Å². The summed E-state index contributed by atoms with van der Waals surface area (Å²) in [6, 6.07) is 11.8. The monoisotopic (exact) mass is 322 g/mol. The molecule has 0 amide bonds. The van der Waals surface area contributed by atoms with Gasteiger partial charge in [0, 0.05) is 22.8 Å². The number of H-pyrrole nitrogens is 1. The standard InChI is InChI=1S/C20H22N2O2/c1-4-24-20(23)19(18-12(2)9-14(21)10-13(18)3)16-11-22-17-8-6-5-7-15(16)17/h5-11,19,22H,4,21H2,1-3H3. The average molecular weight is 322 g/mol. The first-order valence-electron chi connectivity index (χ1n) is 8.12. The summed E-state index contributed by atoms with van der Waals surface area (Å²) in [5.41, 5.74) is 11.5. The third-order valence-electron chi connectivity index (χ3n) is 4.36. The zero-order valence-corrected chi connectivity index (χ0v) is 14.2. The molecule has 0 spiro atoms. The third kappa shape index (κ3) is 2.75. The van der Waals surface area contributed by atoms with Crippen LogP contribution < -0.4 is 5.73 Å². The van der Waals surface area contributed by atoms with Crippen molar-refractivity contribution >= 4 is 22.6 Å². The van der Waals surface area contributed by atoms with E-state index in [0.29, 0.717) is 12.3 Å². The molecule has 4 nitrogen and oxygen atoms in total. The van der Waals surface area contributed by atoms with Crippen LogP contribution in [0.3, 0.4) is 0 Å². The second-order valence-corrected chi connectivity index (χ2v) is 6.04. The van der Waals surface area contributed by atoms with Crippen molar-refractivity contribution in [3.05, 3.63) is 64.8 Å². The number of fused-ring (bicyclic) bond motifs is 1. The fraction of sp³-hybridized carbons (Fsp3) is 0.250. The van der Waals surface area contributed by atoms with Crippen molar-refractivity contribution in [1.82, 2.24) is 4.98 Å². The lowest BCUT2D eigenvalue weighted by Crippen LogP contribution is -2.19. The van der Waals surface area contributed by atoms with Gasteiger partial charge in [-0.3, -0.25) is 4.79 Å². The SMILES string of the molecule is CCOC(=O)C(c1c(C)cc(N)cc1C)c1c[nH]c2ccccc12. The summed E-state index contributed by atoms with van der Waals surface area (Å²) < 4.78 is 5.39. The number of nitrogens with two attached hydrogens (primary N) is 1. The van der Waals surface area contributed by atoms with Gasteiger partial charge < -0.3 is 15.5 Å². The van der Waals surface area contributed by atoms with Gasteiger partial charge in [-0.15, -0.1) is 0 Å². The van der Waals surface area contributed by atoms with Gasteiger partial charge in [0.25, 0.3) is 0 Å². The number of nitrogen functional groups attached to an aromatic ring is 1. The van der Waals surface area contributed by atoms with Crippen LogP contribution >= 0.6 is 0 Å². The summed E-state index contributed by atoms with van der Waals surface area (Å²) in [5.74, 6) is -0.708. The predicted octanol–water partition coefficient (Wildman–Crippen LogP) is 4.06. The molecular weight excluding hydrogens is 300 g/mol. The molecule has 3 rings (SSSR count). The molecule has 3 N–H and O–H groups in total. The largest absolute Gasteiger partial charge is 0.465 e. The van der Waals surface area contributed by atoms with Crippen molar-refractivity contribution in [2.24, 2.45) is 0 Å². The Balaban J connectivity index is 2.24. The Morgan fingerprint density at radius 1 is 1.21 bits per heavy atom. The van der Waals surface area contributed by atoms with E-state index in [4.69, 9.17) is 10.5 Å². The Morgan fingerprint density at radius 3 is 2.54 bits per heavy atom. The Morgan fingerprint density at radius 2 is 1.88 bits per heavy atom. The molecule has 1 heterocycles. The molecule has 0 saturated carbocycles. The molecule has 0 radical (unpaired) electrons. The Kier molecular flexibility index (Phi) is 4.30. The molecule has 2 aromatic carbocycles. The molecule has 1 aromatic heterocycles. The average Bonchev–Trinajstić information content (AvgIpc) is 2.94. The molecule has 1 atom stereocenters. The molecule has 0 saturated heterocycles. The minimum atomic E-state index is -0.471. The van der Waals surface area contributed by atoms with Crippen molar-refractivity contribution in [2.45, 2.75) is 26.7 Å². The van der Waals surface area contributed by atoms with Crippen LogP contribution in [0.15, 0.2) is 42.6 Å². The number of ether oxygens (including phenoxy) is 1. The van der Waals surface area contributed by atoms with E-state index in [2.05, 4.69) is 4.98 Å². The number of aryl methyl sites for hydroxylation is 2. The van der Waals surface area contributed by atoms with E-state index in [1.807, 2.05) is 63.4 Å². The number of para-hydroxylation sites is 1. The highest BCUT2D eigenvalue weighted by atomic mass is 16.5. The maximum Gasteiger partial charge on any atom is 0.318 e. The molecule has 0 aliphatic carbocycles. The van der Waals surface area contributed by atoms with Gasteiger partial charge in [-0.05, 0) is 61.2 Å². The van der Waals surface area contributed by atoms with E-state index in [9.17, 15) is 4.79 Å². The number of nitrogens with one attached hydrogen (secondary N) is 1. The topological polar surface area (TPSA) is 68.1 Å². The molecule has 24 heavy (non-hydrogen) atoms. The molecule has 1 unspecified atom stereocenters. The summed E-state index contributed by atoms with van der Waals surface area (Å²) in [6.07, 6.45) is 1.90. The van der Waals surface area contributed by atoms with Gasteiger partial charge in [0.2, 0.25) is 0 Å². The van der Waals surface area contributed by atoms with Crippen LogP contribution in [-0.4, -0.2) is 17.6 Å². The summed E-state index contributed by atoms with van der Waals surface area (Å²) in [7, 11) is 0. The number of aromatic amines is 1. The maximum absolute atomic E-state index is 12.8. The van der Waals surface area contributed by atoms with Crippen LogP contribution in [0.2, 0.25) is 0 Å². The Labute approximate surface area is 141 Å². The smallest absolute Gasteiger partial charge is 0.318 e. The lowest BCUT2D eigenvalue weighted by atomic mass is 9.85. The number of anilines is 1. The molecule has 0 aliphatic heterocycles. The quantitative estimate of drug-likeness (QED) is 0.562. The summed E-state index contributed by atoms with van der Waals surface area (Å²) >= 11 is 0. The highest BCUT2D eigenvalue weighted by Crippen LogP contribution is 2.36. The van der Waals surface area contributed by atoms with Crippen LogP contribution in [0.4, 0.5) is 5.69 Å². The number of aromatic nitrogens is 1. The highest BCUT2D eigenvalue weighted by molar-refractivity contribution is 5.92. The molecule has 0 fully saturated rings. The first-order valence-corrected chi connectivity index (χ1v) is 8.12. The van der Waals surface area contributed by atoms with E-state index in [-0.39, 0.29) is 5.97 Å². The van der Waals surface area contributed by atoms with Crippen LogP contribution in [0.1, 0.15) is 35.1 Å². The number of hydrogen-bond acceptors (Lipinski definition) is 3. The number of esters is 1. The number of carbonyl (C=O) groups is 1. The summed E-state index contributed by atoms with van der Waals surface area (Å²) in [4.78, 5) is 16.1. The van der Waals surface area contributed by atoms with Gasteiger partial charge in [0.15, 0.2) is 0 Å². The normalized spacial score (nSPS) is 12.3. The van der Waals surface area contributed by atoms with Gasteiger partial charge in [-0.1, -0.05) is 18.2 Å². The Hall–Kier alpha value is -2.75. The van der Waals surface area contributed by atoms with Crippen molar-refractivity contribution in [3.63, 3.8) is 0 Å². The zero-order chi connectivity index (χ0) is 17.3. The lowest BCUT2D eigenvalue weighted by molar-refractivity contribution is -0.143. The van der Waals surface area contributed by atoms with Crippen molar-refractivity contribution < 1.29 is 9.53 Å². The second-order valence-electron chi connectivity index (χ2n) is 6.04. The minimum absolute atomic E-state index is 0.238. The Bertz CT molecular complexity index is 873. The maximum atomic E-state index is 12.8. The zero-order valence-electron chi connectivity index (χ0n) is 14.2. The number of carbonyl (C=O) groups excluding carboxylic acids is 1. The predicted molar refractivity (Wildman–Crippen MR) is 97.1 cm³/mol. The molecule has 124 valence electrons. The fourth-order valence-electron chi connectivity index (χ4n) is 3.42. The molecule has 0 bridgehead atoms. The second kappa shape index (κ2) is 6.40. The first kappa shape index (κ1) is 16.1. The molecular formula is C20H22N2O2. The van der Waals surface area contributed by atoms with E-state index in [1.54, 1.807) is 0 Å². The molecule has 4 heteroatoms. The van der Waals surface area contributed by atoms with Gasteiger partial charge >= 0.3 is 5.97 Å².